The van der Waals surface area contributed by atoms with E-state index in [0.29, 0.717) is 50.8 Å². The minimum atomic E-state index is -1.17. The van der Waals surface area contributed by atoms with Crippen molar-refractivity contribution in [2.24, 2.45) is 34.6 Å². The van der Waals surface area contributed by atoms with Gasteiger partial charge in [-0.1, -0.05) is 44.2 Å². The zero-order chi connectivity index (χ0) is 41.2. The van der Waals surface area contributed by atoms with Gasteiger partial charge in [0.15, 0.2) is 0 Å². The molecular weight excluding hydrogens is 724 g/mol. The smallest absolute Gasteiger partial charge is 0.338 e. The van der Waals surface area contributed by atoms with Crippen molar-refractivity contribution >= 4 is 47.4 Å². The average molecular weight is 787 g/mol. The number of rotatable bonds is 22. The number of hydrogen-bond donors (Lipinski definition) is 12. The second-order valence-corrected chi connectivity index (χ2v) is 14.7. The molecule has 0 spiro atoms. The van der Waals surface area contributed by atoms with Gasteiger partial charge in [-0.2, -0.15) is 0 Å². The van der Waals surface area contributed by atoms with Gasteiger partial charge in [0.25, 0.3) is 0 Å². The highest BCUT2D eigenvalue weighted by molar-refractivity contribution is 5.97. The number of nitrogens with zero attached hydrogens (tertiary/aromatic N) is 1. The molecule has 1 heterocycles. The van der Waals surface area contributed by atoms with Crippen molar-refractivity contribution < 1.29 is 43.9 Å². The first-order chi connectivity index (χ1) is 26.6. The molecule has 1 aliphatic heterocycles. The Kier molecular flexibility index (Phi) is 18.1. The second kappa shape index (κ2) is 22.7. The van der Waals surface area contributed by atoms with E-state index in [2.05, 4.69) is 31.3 Å². The van der Waals surface area contributed by atoms with Crippen molar-refractivity contribution in [2.45, 2.75) is 121 Å². The zero-order valence-electron chi connectivity index (χ0n) is 32.3. The van der Waals surface area contributed by atoms with E-state index in [1.807, 2.05) is 0 Å². The molecule has 19 nitrogen and oxygen atoms in total. The Morgan fingerprint density at radius 1 is 0.732 bits per heavy atom. The number of nitrogens with one attached hydrogen (secondary N) is 6. The fourth-order valence-corrected chi connectivity index (χ4v) is 7.04. The van der Waals surface area contributed by atoms with Crippen LogP contribution < -0.4 is 59.9 Å². The van der Waals surface area contributed by atoms with Gasteiger partial charge in [0.1, 0.15) is 36.0 Å². The van der Waals surface area contributed by atoms with E-state index in [1.54, 1.807) is 12.1 Å². The van der Waals surface area contributed by atoms with Crippen LogP contribution in [-0.2, 0) is 35.2 Å². The first-order valence-electron chi connectivity index (χ1n) is 19.4. The third-order valence-electron chi connectivity index (χ3n) is 10.1. The lowest BCUT2D eigenvalue weighted by molar-refractivity contribution is -0.460. The fraction of sp³-hybridized carbons (Fsp3) is 0.622. The van der Waals surface area contributed by atoms with E-state index >= 15 is 0 Å². The zero-order valence-corrected chi connectivity index (χ0v) is 32.3. The maximum atomic E-state index is 14.2. The number of unbranched alkanes of at least 4 members (excludes halogenated alkanes) is 1. The third kappa shape index (κ3) is 15.3. The molecule has 19 heteroatoms. The number of carbonyl (C=O) groups excluding carboxylic acids is 6. The van der Waals surface area contributed by atoms with Crippen LogP contribution in [0.1, 0.15) is 89.5 Å². The summed E-state index contributed by atoms with van der Waals surface area (Å²) < 4.78 is 0. The number of primary amides is 1. The summed E-state index contributed by atoms with van der Waals surface area (Å²) in [6.07, 6.45) is 7.66. The highest BCUT2D eigenvalue weighted by Crippen LogP contribution is 2.29. The standard InChI is InChI=1S/C37H60N12O7/c1-22(50)45-27(11-7-18-44-37(41)42)32(53)48-29(21-23-8-3-2-4-9-23)35(56)49-19-16-30(49)34(55)47-28(20-24-12-14-25(51)15-13-24)33(54)46-26(31(38)52)10-5-6-17-43-36(39)40/h12-15,23,26-30,51H,2-11,16-21H2,1H3,(H2,38,52)(H,45,50)(H,46,54)(H,47,55)(H,48,53)(H4,39,40,43)(H4,41,42,44)/p+2. The van der Waals surface area contributed by atoms with Crippen LogP contribution in [0.25, 0.3) is 0 Å². The van der Waals surface area contributed by atoms with Crippen molar-refractivity contribution in [1.29, 1.82) is 0 Å². The van der Waals surface area contributed by atoms with Crippen LogP contribution in [0, 0.1) is 5.92 Å². The minimum Gasteiger partial charge on any atom is -0.508 e. The van der Waals surface area contributed by atoms with Gasteiger partial charge in [-0.3, -0.25) is 61.7 Å². The molecule has 0 radical (unpaired) electrons. The summed E-state index contributed by atoms with van der Waals surface area (Å²) in [5.41, 5.74) is 28.0. The van der Waals surface area contributed by atoms with E-state index in [4.69, 9.17) is 28.7 Å². The molecule has 5 atom stereocenters. The summed E-state index contributed by atoms with van der Waals surface area (Å²) in [6, 6.07) is 1.12. The van der Waals surface area contributed by atoms with Crippen LogP contribution in [-0.4, -0.2) is 107 Å². The molecule has 56 heavy (non-hydrogen) atoms. The third-order valence-corrected chi connectivity index (χ3v) is 10.1. The van der Waals surface area contributed by atoms with Crippen LogP contribution in [0.3, 0.4) is 0 Å². The number of nitrogens with two attached hydrogens (primary N) is 5. The SMILES string of the molecule is CC(=O)NC(CCC[NH+]=C(N)N)C(=O)NC(CC1CCCCC1)C(=O)N1CCC1C(=O)NC(Cc1ccc(O)cc1)C(=O)NC(CCCC[NH+]=C(N)N)C(N)=O. The summed E-state index contributed by atoms with van der Waals surface area (Å²) in [5, 5.41) is 20.8. The van der Waals surface area contributed by atoms with Gasteiger partial charge < -0.3 is 37.0 Å². The van der Waals surface area contributed by atoms with Crippen LogP contribution in [0.2, 0.25) is 0 Å². The summed E-state index contributed by atoms with van der Waals surface area (Å²) in [5.74, 6) is -3.03. The predicted octanol–water partition coefficient (Wildman–Crippen LogP) is -5.39. The molecule has 1 saturated heterocycles. The van der Waals surface area contributed by atoms with Gasteiger partial charge in [0, 0.05) is 19.9 Å². The molecule has 2 fully saturated rings. The Labute approximate surface area is 327 Å². The first-order valence-corrected chi connectivity index (χ1v) is 19.4. The fourth-order valence-electron chi connectivity index (χ4n) is 7.04. The molecule has 1 saturated carbocycles. The molecule has 6 amide bonds. The summed E-state index contributed by atoms with van der Waals surface area (Å²) >= 11 is 0. The number of aromatic hydroxyl groups is 1. The molecule has 1 aliphatic carbocycles. The quantitative estimate of drug-likeness (QED) is 0.0299. The van der Waals surface area contributed by atoms with Gasteiger partial charge >= 0.3 is 11.9 Å². The largest absolute Gasteiger partial charge is 0.508 e. The van der Waals surface area contributed by atoms with E-state index in [1.165, 1.54) is 24.0 Å². The highest BCUT2D eigenvalue weighted by Gasteiger charge is 2.43. The van der Waals surface area contributed by atoms with Gasteiger partial charge in [-0.25, -0.2) is 0 Å². The first kappa shape index (κ1) is 44.8. The van der Waals surface area contributed by atoms with E-state index in [0.717, 1.165) is 32.1 Å². The summed E-state index contributed by atoms with van der Waals surface area (Å²) in [7, 11) is 0. The van der Waals surface area contributed by atoms with Gasteiger partial charge in [-0.05, 0) is 68.6 Å². The lowest BCUT2D eigenvalue weighted by atomic mass is 9.84. The monoisotopic (exact) mass is 786 g/mol. The molecule has 1 aromatic rings. The molecule has 5 unspecified atom stereocenters. The second-order valence-electron chi connectivity index (χ2n) is 14.7. The molecule has 310 valence electrons. The number of carbonyl (C=O) groups is 6. The average Bonchev–Trinajstić information content (AvgIpc) is 3.11. The number of likely N-dealkylation sites (tertiary alicyclic amines) is 1. The molecule has 3 rings (SSSR count). The Morgan fingerprint density at radius 2 is 1.32 bits per heavy atom. The Bertz CT molecular complexity index is 1560. The number of phenolic OH excluding ortho intramolecular Hbond substituents is 1. The number of guanidine groups is 2. The van der Waals surface area contributed by atoms with Crippen molar-refractivity contribution in [3.8, 4) is 5.75 Å². The molecule has 0 bridgehead atoms. The minimum absolute atomic E-state index is 0.00978. The lowest BCUT2D eigenvalue weighted by Crippen LogP contribution is -2.78. The molecule has 17 N–H and O–H groups in total. The van der Waals surface area contributed by atoms with Gasteiger partial charge in [-0.15, -0.1) is 0 Å². The van der Waals surface area contributed by atoms with E-state index in [-0.39, 0.29) is 49.4 Å². The molecule has 0 aromatic heterocycles. The highest BCUT2D eigenvalue weighted by atomic mass is 16.3. The van der Waals surface area contributed by atoms with Gasteiger partial charge in [0.05, 0.1) is 13.1 Å². The lowest BCUT2D eigenvalue weighted by Gasteiger charge is -2.42. The van der Waals surface area contributed by atoms with Crippen LogP contribution in [0.5, 0.6) is 5.75 Å². The van der Waals surface area contributed by atoms with Crippen molar-refractivity contribution in [1.82, 2.24) is 26.2 Å². The Hall–Kier alpha value is -5.62. The topological polar surface area (TPSA) is 332 Å². The van der Waals surface area contributed by atoms with E-state index < -0.39 is 65.7 Å². The van der Waals surface area contributed by atoms with Crippen LogP contribution in [0.15, 0.2) is 24.3 Å². The number of phenols is 1. The molecular formula is C37H62N12O7+2. The van der Waals surface area contributed by atoms with Crippen molar-refractivity contribution in [3.05, 3.63) is 29.8 Å². The van der Waals surface area contributed by atoms with Crippen molar-refractivity contribution in [2.75, 3.05) is 19.6 Å². The predicted molar refractivity (Wildman–Crippen MR) is 207 cm³/mol. The Balaban J connectivity index is 1.77. The molecule has 2 aliphatic rings. The molecule has 1 aromatic carbocycles. The van der Waals surface area contributed by atoms with Gasteiger partial charge in [0.2, 0.25) is 35.4 Å². The number of benzene rings is 1. The number of hydrogen-bond acceptors (Lipinski definition) is 7. The summed E-state index contributed by atoms with van der Waals surface area (Å²) in [4.78, 5) is 86.7. The number of amides is 6. The summed E-state index contributed by atoms with van der Waals surface area (Å²) in [6.45, 7) is 2.39. The Morgan fingerprint density at radius 3 is 1.89 bits per heavy atom. The maximum absolute atomic E-state index is 14.2. The van der Waals surface area contributed by atoms with Crippen molar-refractivity contribution in [3.63, 3.8) is 0 Å². The van der Waals surface area contributed by atoms with Crippen LogP contribution >= 0.6 is 0 Å². The maximum Gasteiger partial charge on any atom is 0.338 e. The van der Waals surface area contributed by atoms with Crippen LogP contribution in [0.4, 0.5) is 0 Å². The normalized spacial score (nSPS) is 17.4. The van der Waals surface area contributed by atoms with E-state index in [9.17, 15) is 33.9 Å².